The molecular weight excluding hydrogens is 210 g/mol. The van der Waals surface area contributed by atoms with Crippen LogP contribution in [0.15, 0.2) is 0 Å². The molecule has 1 saturated carbocycles. The van der Waals surface area contributed by atoms with Gasteiger partial charge >= 0.3 is 0 Å². The first kappa shape index (κ1) is 12.9. The van der Waals surface area contributed by atoms with Crippen molar-refractivity contribution in [3.63, 3.8) is 0 Å². The lowest BCUT2D eigenvalue weighted by Crippen LogP contribution is -2.45. The number of hydrogen-bond donors (Lipinski definition) is 1. The van der Waals surface area contributed by atoms with Crippen LogP contribution >= 0.6 is 0 Å². The van der Waals surface area contributed by atoms with Crippen molar-refractivity contribution in [3.05, 3.63) is 0 Å². The summed E-state index contributed by atoms with van der Waals surface area (Å²) in [6, 6.07) is 2.91. The van der Waals surface area contributed by atoms with Crippen molar-refractivity contribution in [1.82, 2.24) is 10.2 Å². The molecular formula is C14H25N3. The van der Waals surface area contributed by atoms with E-state index < -0.39 is 0 Å². The second-order valence-corrected chi connectivity index (χ2v) is 6.15. The molecule has 0 aromatic carbocycles. The maximum absolute atomic E-state index is 9.21. The van der Waals surface area contributed by atoms with Crippen molar-refractivity contribution in [2.45, 2.75) is 51.1 Å². The highest BCUT2D eigenvalue weighted by molar-refractivity contribution is 5.05. The predicted octanol–water partition coefficient (Wildman–Crippen LogP) is 2.00. The van der Waals surface area contributed by atoms with Crippen LogP contribution in [0.4, 0.5) is 0 Å². The summed E-state index contributed by atoms with van der Waals surface area (Å²) in [6.07, 6.45) is 5.20. The molecule has 1 aliphatic heterocycles. The molecule has 3 nitrogen and oxygen atoms in total. The first-order chi connectivity index (χ1) is 8.08. The first-order valence-corrected chi connectivity index (χ1v) is 6.92. The predicted molar refractivity (Wildman–Crippen MR) is 69.6 cm³/mol. The summed E-state index contributed by atoms with van der Waals surface area (Å²) in [6.45, 7) is 6.79. The smallest absolute Gasteiger partial charge is 0.105 e. The molecule has 4 unspecified atom stereocenters. The Morgan fingerprint density at radius 2 is 2.00 bits per heavy atom. The van der Waals surface area contributed by atoms with Gasteiger partial charge in [0.15, 0.2) is 0 Å². The number of rotatable bonds is 4. The normalized spacial score (nSPS) is 34.0. The van der Waals surface area contributed by atoms with Gasteiger partial charge in [0.2, 0.25) is 0 Å². The Bertz CT molecular complexity index is 297. The van der Waals surface area contributed by atoms with Crippen LogP contribution in [0.5, 0.6) is 0 Å². The summed E-state index contributed by atoms with van der Waals surface area (Å²) >= 11 is 0. The minimum atomic E-state index is -0.378. The van der Waals surface area contributed by atoms with Crippen molar-refractivity contribution < 1.29 is 0 Å². The summed E-state index contributed by atoms with van der Waals surface area (Å²) < 4.78 is 0. The van der Waals surface area contributed by atoms with Crippen molar-refractivity contribution in [3.8, 4) is 6.07 Å². The summed E-state index contributed by atoms with van der Waals surface area (Å²) in [7, 11) is 1.88. The maximum atomic E-state index is 9.21. The van der Waals surface area contributed by atoms with Crippen LogP contribution in [-0.4, -0.2) is 36.6 Å². The van der Waals surface area contributed by atoms with Gasteiger partial charge in [-0.1, -0.05) is 6.42 Å². The zero-order valence-corrected chi connectivity index (χ0v) is 11.4. The minimum Gasteiger partial charge on any atom is -0.303 e. The average Bonchev–Trinajstić information content (AvgIpc) is 2.88. The van der Waals surface area contributed by atoms with Crippen molar-refractivity contribution in [1.29, 1.82) is 5.26 Å². The fourth-order valence-electron chi connectivity index (χ4n) is 3.55. The number of hydrogen-bond acceptors (Lipinski definition) is 3. The van der Waals surface area contributed by atoms with E-state index in [1.807, 2.05) is 14.0 Å². The molecule has 0 radical (unpaired) electrons. The van der Waals surface area contributed by atoms with Gasteiger partial charge < -0.3 is 5.32 Å². The van der Waals surface area contributed by atoms with Gasteiger partial charge in [0.05, 0.1) is 6.07 Å². The third-order valence-corrected chi connectivity index (χ3v) is 4.88. The molecule has 0 spiro atoms. The monoisotopic (exact) mass is 235 g/mol. The average molecular weight is 235 g/mol. The van der Waals surface area contributed by atoms with E-state index in [1.165, 1.54) is 32.4 Å². The number of nitrogens with one attached hydrogen (secondary N) is 1. The zero-order valence-electron chi connectivity index (χ0n) is 11.4. The van der Waals surface area contributed by atoms with E-state index >= 15 is 0 Å². The lowest BCUT2D eigenvalue weighted by molar-refractivity contribution is 0.202. The molecule has 2 aliphatic rings. The van der Waals surface area contributed by atoms with E-state index in [2.05, 4.69) is 23.2 Å². The summed E-state index contributed by atoms with van der Waals surface area (Å²) in [5.74, 6) is 1.89. The molecule has 1 N–H and O–H groups in total. The second-order valence-electron chi connectivity index (χ2n) is 6.15. The van der Waals surface area contributed by atoms with Gasteiger partial charge in [0.25, 0.3) is 0 Å². The van der Waals surface area contributed by atoms with Gasteiger partial charge in [-0.3, -0.25) is 4.90 Å². The highest BCUT2D eigenvalue weighted by Crippen LogP contribution is 2.39. The fourth-order valence-corrected chi connectivity index (χ4v) is 3.55. The molecule has 96 valence electrons. The topological polar surface area (TPSA) is 39.1 Å². The Morgan fingerprint density at radius 3 is 2.47 bits per heavy atom. The Labute approximate surface area is 105 Å². The molecule has 0 amide bonds. The van der Waals surface area contributed by atoms with E-state index in [9.17, 15) is 5.26 Å². The molecule has 4 atom stereocenters. The van der Waals surface area contributed by atoms with Crippen LogP contribution in [0.3, 0.4) is 0 Å². The maximum Gasteiger partial charge on any atom is 0.105 e. The standard InChI is InChI=1S/C14H25N3/c1-11(7-14(2,10-15)16-3)17-8-12-5-4-6-13(12)9-17/h11-13,16H,4-9H2,1-3H3. The largest absolute Gasteiger partial charge is 0.303 e. The molecule has 2 fully saturated rings. The van der Waals surface area contributed by atoms with Crippen molar-refractivity contribution in [2.75, 3.05) is 20.1 Å². The Morgan fingerprint density at radius 1 is 1.41 bits per heavy atom. The molecule has 1 heterocycles. The molecule has 2 rings (SSSR count). The van der Waals surface area contributed by atoms with Crippen LogP contribution in [0, 0.1) is 23.2 Å². The first-order valence-electron chi connectivity index (χ1n) is 6.92. The number of nitrogens with zero attached hydrogens (tertiary/aromatic N) is 2. The lowest BCUT2D eigenvalue weighted by Gasteiger charge is -2.31. The van der Waals surface area contributed by atoms with E-state index in [0.717, 1.165) is 18.3 Å². The Balaban J connectivity index is 1.89. The Hall–Kier alpha value is -0.590. The number of likely N-dealkylation sites (tertiary alicyclic amines) is 1. The number of fused-ring (bicyclic) bond motifs is 1. The zero-order chi connectivity index (χ0) is 12.5. The van der Waals surface area contributed by atoms with E-state index in [-0.39, 0.29) is 5.54 Å². The minimum absolute atomic E-state index is 0.378. The quantitative estimate of drug-likeness (QED) is 0.810. The van der Waals surface area contributed by atoms with Crippen LogP contribution in [0.1, 0.15) is 39.5 Å². The third-order valence-electron chi connectivity index (χ3n) is 4.88. The highest BCUT2D eigenvalue weighted by atomic mass is 15.2. The van der Waals surface area contributed by atoms with Gasteiger partial charge in [-0.15, -0.1) is 0 Å². The fraction of sp³-hybridized carbons (Fsp3) is 0.929. The van der Waals surface area contributed by atoms with E-state index in [1.54, 1.807) is 0 Å². The summed E-state index contributed by atoms with van der Waals surface area (Å²) in [5, 5.41) is 12.4. The van der Waals surface area contributed by atoms with Crippen LogP contribution in [0.2, 0.25) is 0 Å². The lowest BCUT2D eigenvalue weighted by atomic mass is 9.95. The highest BCUT2D eigenvalue weighted by Gasteiger charge is 2.39. The van der Waals surface area contributed by atoms with Crippen LogP contribution in [-0.2, 0) is 0 Å². The van der Waals surface area contributed by atoms with Crippen LogP contribution in [0.25, 0.3) is 0 Å². The molecule has 0 aromatic heterocycles. The molecule has 1 saturated heterocycles. The Kier molecular flexibility index (Phi) is 3.75. The van der Waals surface area contributed by atoms with Gasteiger partial charge in [0.1, 0.15) is 5.54 Å². The van der Waals surface area contributed by atoms with E-state index in [0.29, 0.717) is 6.04 Å². The van der Waals surface area contributed by atoms with Crippen LogP contribution < -0.4 is 5.32 Å². The van der Waals surface area contributed by atoms with Crippen molar-refractivity contribution in [2.24, 2.45) is 11.8 Å². The van der Waals surface area contributed by atoms with Crippen molar-refractivity contribution >= 4 is 0 Å². The van der Waals surface area contributed by atoms with Gasteiger partial charge in [-0.2, -0.15) is 5.26 Å². The third kappa shape index (κ3) is 2.64. The molecule has 1 aliphatic carbocycles. The summed E-state index contributed by atoms with van der Waals surface area (Å²) in [5.41, 5.74) is -0.378. The molecule has 3 heteroatoms. The van der Waals surface area contributed by atoms with Gasteiger partial charge in [0, 0.05) is 19.1 Å². The molecule has 0 bridgehead atoms. The van der Waals surface area contributed by atoms with Gasteiger partial charge in [-0.05, 0) is 52.0 Å². The second kappa shape index (κ2) is 4.96. The van der Waals surface area contributed by atoms with E-state index in [4.69, 9.17) is 0 Å². The molecule has 0 aromatic rings. The molecule has 17 heavy (non-hydrogen) atoms. The number of nitriles is 1. The summed E-state index contributed by atoms with van der Waals surface area (Å²) in [4.78, 5) is 2.60. The SMILES string of the molecule is CNC(C)(C#N)CC(C)N1CC2CCCC2C1. The van der Waals surface area contributed by atoms with Gasteiger partial charge in [-0.25, -0.2) is 0 Å².